The van der Waals surface area contributed by atoms with Crippen LogP contribution in [0.25, 0.3) is 11.1 Å². The normalized spacial score (nSPS) is 19.3. The minimum absolute atomic E-state index is 0.0378. The van der Waals surface area contributed by atoms with Gasteiger partial charge >= 0.3 is 5.97 Å². The standard InChI is InChI=1S/C23H26N2O2/c1-2-27-23(26)19-11-13-21(14-12-19)25-16-17-7-9-18(10-8-17)22-6-4-3-5-20(22)15-24/h3-10,19,21,25H,2,11-14,16H2,1H3/t19-,21+. The number of nitriles is 1. The summed E-state index contributed by atoms with van der Waals surface area (Å²) in [7, 11) is 0. The highest BCUT2D eigenvalue weighted by Crippen LogP contribution is 2.26. The summed E-state index contributed by atoms with van der Waals surface area (Å²) in [5, 5.41) is 12.9. The molecule has 27 heavy (non-hydrogen) atoms. The highest BCUT2D eigenvalue weighted by molar-refractivity contribution is 5.72. The average molecular weight is 362 g/mol. The van der Waals surface area contributed by atoms with Gasteiger partial charge in [0.2, 0.25) is 0 Å². The van der Waals surface area contributed by atoms with Gasteiger partial charge in [0.1, 0.15) is 0 Å². The second-order valence-corrected chi connectivity index (χ2v) is 7.04. The molecule has 4 nitrogen and oxygen atoms in total. The van der Waals surface area contributed by atoms with Gasteiger partial charge < -0.3 is 10.1 Å². The number of esters is 1. The molecule has 0 aromatic heterocycles. The molecule has 0 saturated heterocycles. The first-order valence-corrected chi connectivity index (χ1v) is 9.69. The largest absolute Gasteiger partial charge is 0.466 e. The van der Waals surface area contributed by atoms with E-state index in [-0.39, 0.29) is 11.9 Å². The molecule has 1 N–H and O–H groups in total. The summed E-state index contributed by atoms with van der Waals surface area (Å²) in [6.45, 7) is 3.13. The minimum Gasteiger partial charge on any atom is -0.466 e. The molecule has 0 aliphatic heterocycles. The Hall–Kier alpha value is -2.64. The Labute approximate surface area is 161 Å². The first kappa shape index (κ1) is 19.1. The highest BCUT2D eigenvalue weighted by Gasteiger charge is 2.26. The molecule has 1 aliphatic carbocycles. The van der Waals surface area contributed by atoms with Crippen LogP contribution in [-0.4, -0.2) is 18.6 Å². The fraction of sp³-hybridized carbons (Fsp3) is 0.391. The molecule has 1 saturated carbocycles. The fourth-order valence-electron chi connectivity index (χ4n) is 3.69. The highest BCUT2D eigenvalue weighted by atomic mass is 16.5. The predicted molar refractivity (Wildman–Crippen MR) is 106 cm³/mol. The Morgan fingerprint density at radius 1 is 1.11 bits per heavy atom. The van der Waals surface area contributed by atoms with E-state index in [1.807, 2.05) is 31.2 Å². The number of nitrogens with zero attached hydrogens (tertiary/aromatic N) is 1. The molecule has 2 aromatic rings. The number of rotatable bonds is 6. The summed E-state index contributed by atoms with van der Waals surface area (Å²) >= 11 is 0. The maximum atomic E-state index is 11.8. The first-order valence-electron chi connectivity index (χ1n) is 9.69. The van der Waals surface area contributed by atoms with Gasteiger partial charge in [-0.05, 0) is 55.4 Å². The molecule has 0 amide bonds. The lowest BCUT2D eigenvalue weighted by molar-refractivity contribution is -0.149. The summed E-state index contributed by atoms with van der Waals surface area (Å²) in [5.41, 5.74) is 3.95. The molecule has 1 aliphatic rings. The third-order valence-electron chi connectivity index (χ3n) is 5.25. The quantitative estimate of drug-likeness (QED) is 0.772. The fourth-order valence-corrected chi connectivity index (χ4v) is 3.69. The van der Waals surface area contributed by atoms with E-state index in [2.05, 4.69) is 35.7 Å². The van der Waals surface area contributed by atoms with Crippen LogP contribution in [0.15, 0.2) is 48.5 Å². The smallest absolute Gasteiger partial charge is 0.308 e. The van der Waals surface area contributed by atoms with Crippen LogP contribution < -0.4 is 5.32 Å². The number of hydrogen-bond acceptors (Lipinski definition) is 4. The van der Waals surface area contributed by atoms with E-state index in [9.17, 15) is 10.1 Å². The Morgan fingerprint density at radius 2 is 1.81 bits per heavy atom. The first-order chi connectivity index (χ1) is 13.2. The van der Waals surface area contributed by atoms with Crippen LogP contribution in [0, 0.1) is 17.2 Å². The molecule has 2 aromatic carbocycles. The Morgan fingerprint density at radius 3 is 2.48 bits per heavy atom. The van der Waals surface area contributed by atoms with Crippen molar-refractivity contribution in [2.75, 3.05) is 6.61 Å². The van der Waals surface area contributed by atoms with E-state index in [1.54, 1.807) is 0 Å². The van der Waals surface area contributed by atoms with E-state index in [1.165, 1.54) is 5.56 Å². The SMILES string of the molecule is CCOC(=O)[C@H]1CC[C@@H](NCc2ccc(-c3ccccc3C#N)cc2)CC1. The summed E-state index contributed by atoms with van der Waals surface area (Å²) in [4.78, 5) is 11.8. The molecular formula is C23H26N2O2. The van der Waals surface area contributed by atoms with Crippen LogP contribution in [0.3, 0.4) is 0 Å². The lowest BCUT2D eigenvalue weighted by Gasteiger charge is -2.28. The number of hydrogen-bond donors (Lipinski definition) is 1. The van der Waals surface area contributed by atoms with Gasteiger partial charge in [-0.15, -0.1) is 0 Å². The number of ether oxygens (including phenoxy) is 1. The third-order valence-corrected chi connectivity index (χ3v) is 5.25. The number of benzene rings is 2. The zero-order valence-corrected chi connectivity index (χ0v) is 15.8. The minimum atomic E-state index is -0.0378. The second-order valence-electron chi connectivity index (χ2n) is 7.04. The maximum absolute atomic E-state index is 11.8. The van der Waals surface area contributed by atoms with Crippen molar-refractivity contribution in [2.45, 2.75) is 45.2 Å². The average Bonchev–Trinajstić information content (AvgIpc) is 2.73. The van der Waals surface area contributed by atoms with E-state index in [0.717, 1.165) is 43.4 Å². The second kappa shape index (κ2) is 9.34. The molecule has 3 rings (SSSR count). The van der Waals surface area contributed by atoms with Crippen LogP contribution in [-0.2, 0) is 16.1 Å². The van der Waals surface area contributed by atoms with Crippen molar-refractivity contribution in [3.8, 4) is 17.2 Å². The lowest BCUT2D eigenvalue weighted by Crippen LogP contribution is -2.35. The predicted octanol–water partition coefficient (Wildman–Crippen LogP) is 4.44. The number of nitrogens with one attached hydrogen (secondary N) is 1. The summed E-state index contributed by atoms with van der Waals surface area (Å²) < 4.78 is 5.13. The van der Waals surface area contributed by atoms with Crippen molar-refractivity contribution in [2.24, 2.45) is 5.92 Å². The van der Waals surface area contributed by atoms with E-state index in [4.69, 9.17) is 4.74 Å². The molecule has 1 fully saturated rings. The van der Waals surface area contributed by atoms with Crippen LogP contribution in [0.4, 0.5) is 0 Å². The molecule has 0 bridgehead atoms. The van der Waals surface area contributed by atoms with Crippen molar-refractivity contribution >= 4 is 5.97 Å². The van der Waals surface area contributed by atoms with Gasteiger partial charge in [0, 0.05) is 12.6 Å². The van der Waals surface area contributed by atoms with Gasteiger partial charge in [0.15, 0.2) is 0 Å². The summed E-state index contributed by atoms with van der Waals surface area (Å²) in [5.74, 6) is 0.0340. The topological polar surface area (TPSA) is 62.1 Å². The van der Waals surface area contributed by atoms with Gasteiger partial charge in [-0.1, -0.05) is 42.5 Å². The molecule has 4 heteroatoms. The van der Waals surface area contributed by atoms with E-state index >= 15 is 0 Å². The molecule has 0 unspecified atom stereocenters. The maximum Gasteiger partial charge on any atom is 0.308 e. The Balaban J connectivity index is 1.51. The van der Waals surface area contributed by atoms with Crippen LogP contribution in [0.2, 0.25) is 0 Å². The van der Waals surface area contributed by atoms with Gasteiger partial charge in [0.25, 0.3) is 0 Å². The van der Waals surface area contributed by atoms with Crippen molar-refractivity contribution in [3.63, 3.8) is 0 Å². The molecule has 0 heterocycles. The van der Waals surface area contributed by atoms with Crippen molar-refractivity contribution in [1.82, 2.24) is 5.32 Å². The van der Waals surface area contributed by atoms with Crippen LogP contribution >= 0.6 is 0 Å². The van der Waals surface area contributed by atoms with E-state index in [0.29, 0.717) is 18.2 Å². The molecule has 140 valence electrons. The summed E-state index contributed by atoms with van der Waals surface area (Å²) in [6, 6.07) is 18.7. The van der Waals surface area contributed by atoms with Crippen LogP contribution in [0.1, 0.15) is 43.7 Å². The third kappa shape index (κ3) is 4.96. The van der Waals surface area contributed by atoms with Crippen molar-refractivity contribution in [3.05, 3.63) is 59.7 Å². The van der Waals surface area contributed by atoms with E-state index < -0.39 is 0 Å². The van der Waals surface area contributed by atoms with Crippen molar-refractivity contribution < 1.29 is 9.53 Å². The van der Waals surface area contributed by atoms with Gasteiger partial charge in [0.05, 0.1) is 24.2 Å². The zero-order chi connectivity index (χ0) is 19.1. The Bertz CT molecular complexity index is 800. The number of carbonyl (C=O) groups is 1. The van der Waals surface area contributed by atoms with Gasteiger partial charge in [-0.25, -0.2) is 0 Å². The Kier molecular flexibility index (Phi) is 6.62. The monoisotopic (exact) mass is 362 g/mol. The molecular weight excluding hydrogens is 336 g/mol. The number of carbonyl (C=O) groups excluding carboxylic acids is 1. The van der Waals surface area contributed by atoms with Crippen LogP contribution in [0.5, 0.6) is 0 Å². The van der Waals surface area contributed by atoms with Crippen molar-refractivity contribution in [1.29, 1.82) is 5.26 Å². The molecule has 0 spiro atoms. The summed E-state index contributed by atoms with van der Waals surface area (Å²) in [6.07, 6.45) is 3.83. The molecule has 0 radical (unpaired) electrons. The van der Waals surface area contributed by atoms with Gasteiger partial charge in [-0.3, -0.25) is 4.79 Å². The van der Waals surface area contributed by atoms with Gasteiger partial charge in [-0.2, -0.15) is 5.26 Å². The lowest BCUT2D eigenvalue weighted by atomic mass is 9.86. The zero-order valence-electron chi connectivity index (χ0n) is 15.8. The molecule has 0 atom stereocenters.